The van der Waals surface area contributed by atoms with Gasteiger partial charge in [0.25, 0.3) is 5.91 Å². The monoisotopic (exact) mass is 413 g/mol. The minimum Gasteiger partial charge on any atom is -0.493 e. The third-order valence-corrected chi connectivity index (χ3v) is 6.56. The molecule has 4 rings (SSSR count). The highest BCUT2D eigenvalue weighted by Gasteiger charge is 2.28. The highest BCUT2D eigenvalue weighted by Crippen LogP contribution is 2.35. The van der Waals surface area contributed by atoms with Crippen molar-refractivity contribution in [3.63, 3.8) is 0 Å². The number of hydrogen-bond donors (Lipinski definition) is 0. The number of amides is 1. The highest BCUT2D eigenvalue weighted by molar-refractivity contribution is 7.21. The average Bonchev–Trinajstić information content (AvgIpc) is 3.13. The summed E-state index contributed by atoms with van der Waals surface area (Å²) in [7, 11) is 1.57. The third kappa shape index (κ3) is 4.28. The van der Waals surface area contributed by atoms with Gasteiger partial charge in [0, 0.05) is 35.8 Å². The van der Waals surface area contributed by atoms with Crippen LogP contribution in [0, 0.1) is 11.7 Å². The molecule has 0 unspecified atom stereocenters. The van der Waals surface area contributed by atoms with Crippen molar-refractivity contribution >= 4 is 27.3 Å². The molecule has 0 spiro atoms. The molecule has 1 fully saturated rings. The van der Waals surface area contributed by atoms with Gasteiger partial charge in [-0.15, -0.1) is 11.3 Å². The van der Waals surface area contributed by atoms with Crippen molar-refractivity contribution in [3.8, 4) is 5.75 Å². The van der Waals surface area contributed by atoms with Crippen LogP contribution in [-0.4, -0.2) is 37.6 Å². The van der Waals surface area contributed by atoms with Crippen molar-refractivity contribution in [1.82, 2.24) is 4.90 Å². The van der Waals surface area contributed by atoms with E-state index in [1.54, 1.807) is 13.2 Å². The van der Waals surface area contributed by atoms with Crippen LogP contribution in [-0.2, 0) is 11.3 Å². The second-order valence-electron chi connectivity index (χ2n) is 7.32. The fourth-order valence-electron chi connectivity index (χ4n) is 3.80. The van der Waals surface area contributed by atoms with Crippen molar-refractivity contribution in [2.45, 2.75) is 19.4 Å². The number of halogens is 1. The maximum Gasteiger partial charge on any atom is 0.264 e. The molecule has 0 N–H and O–H groups in total. The Morgan fingerprint density at radius 3 is 2.62 bits per heavy atom. The summed E-state index contributed by atoms with van der Waals surface area (Å²) >= 11 is 1.35. The molecule has 0 aliphatic carbocycles. The zero-order chi connectivity index (χ0) is 20.2. The maximum absolute atomic E-state index is 14.4. The topological polar surface area (TPSA) is 38.8 Å². The summed E-state index contributed by atoms with van der Waals surface area (Å²) in [5, 5.41) is 0.508. The van der Waals surface area contributed by atoms with Gasteiger partial charge < -0.3 is 14.4 Å². The van der Waals surface area contributed by atoms with Crippen LogP contribution in [0.15, 0.2) is 48.5 Å². The van der Waals surface area contributed by atoms with Crippen LogP contribution in [0.5, 0.6) is 5.75 Å². The van der Waals surface area contributed by atoms with Gasteiger partial charge in [0.1, 0.15) is 11.6 Å². The molecule has 0 radical (unpaired) electrons. The molecule has 1 aromatic heterocycles. The molecule has 1 aliphatic heterocycles. The van der Waals surface area contributed by atoms with Crippen LogP contribution in [0.1, 0.15) is 28.1 Å². The van der Waals surface area contributed by atoms with Crippen molar-refractivity contribution in [2.75, 3.05) is 26.8 Å². The van der Waals surface area contributed by atoms with Gasteiger partial charge in [0.15, 0.2) is 0 Å². The van der Waals surface area contributed by atoms with Crippen LogP contribution in [0.3, 0.4) is 0 Å². The fourth-order valence-corrected chi connectivity index (χ4v) is 4.99. The van der Waals surface area contributed by atoms with Gasteiger partial charge in [-0.1, -0.05) is 24.3 Å². The molecule has 0 saturated carbocycles. The van der Waals surface area contributed by atoms with E-state index in [0.717, 1.165) is 23.3 Å². The van der Waals surface area contributed by atoms with Crippen LogP contribution in [0.2, 0.25) is 0 Å². The first kappa shape index (κ1) is 19.9. The number of hydrogen-bond acceptors (Lipinski definition) is 4. The van der Waals surface area contributed by atoms with Crippen LogP contribution in [0.4, 0.5) is 4.39 Å². The number of thiophene rings is 1. The molecule has 6 heteroatoms. The fraction of sp³-hybridized carbons (Fsp3) is 0.348. The Kier molecular flexibility index (Phi) is 6.11. The van der Waals surface area contributed by atoms with Gasteiger partial charge in [-0.3, -0.25) is 4.79 Å². The largest absolute Gasteiger partial charge is 0.493 e. The summed E-state index contributed by atoms with van der Waals surface area (Å²) in [4.78, 5) is 15.7. The van der Waals surface area contributed by atoms with Gasteiger partial charge in [-0.25, -0.2) is 4.39 Å². The van der Waals surface area contributed by atoms with Gasteiger partial charge in [-0.05, 0) is 43.0 Å². The number of benzene rings is 2. The van der Waals surface area contributed by atoms with Crippen LogP contribution >= 0.6 is 11.3 Å². The minimum atomic E-state index is -0.304. The van der Waals surface area contributed by atoms with E-state index in [4.69, 9.17) is 9.47 Å². The van der Waals surface area contributed by atoms with Gasteiger partial charge in [-0.2, -0.15) is 0 Å². The van der Waals surface area contributed by atoms with E-state index in [2.05, 4.69) is 0 Å². The van der Waals surface area contributed by atoms with E-state index in [-0.39, 0.29) is 18.3 Å². The van der Waals surface area contributed by atoms with Crippen molar-refractivity contribution in [3.05, 3.63) is 64.8 Å². The summed E-state index contributed by atoms with van der Waals surface area (Å²) in [6, 6.07) is 14.8. The molecular formula is C23H24FNO3S. The van der Waals surface area contributed by atoms with Crippen molar-refractivity contribution < 1.29 is 18.7 Å². The Bertz CT molecular complexity index is 980. The number of piperidine rings is 1. The molecule has 2 heterocycles. The predicted octanol–water partition coefficient (Wildman–Crippen LogP) is 5.12. The molecule has 0 atom stereocenters. The van der Waals surface area contributed by atoms with Crippen LogP contribution < -0.4 is 4.74 Å². The van der Waals surface area contributed by atoms with E-state index < -0.39 is 0 Å². The lowest BCUT2D eigenvalue weighted by atomic mass is 9.97. The van der Waals surface area contributed by atoms with Gasteiger partial charge >= 0.3 is 0 Å². The summed E-state index contributed by atoms with van der Waals surface area (Å²) in [6.45, 7) is 2.26. The Hall–Kier alpha value is -2.44. The minimum absolute atomic E-state index is 0.0277. The zero-order valence-corrected chi connectivity index (χ0v) is 17.2. The highest BCUT2D eigenvalue weighted by atomic mass is 32.1. The first-order valence-electron chi connectivity index (χ1n) is 9.83. The van der Waals surface area contributed by atoms with E-state index >= 15 is 0 Å². The van der Waals surface area contributed by atoms with Gasteiger partial charge in [0.05, 0.1) is 18.1 Å². The molecule has 3 aromatic rings. The van der Waals surface area contributed by atoms with Crippen molar-refractivity contribution in [1.29, 1.82) is 0 Å². The molecule has 29 heavy (non-hydrogen) atoms. The number of ether oxygens (including phenoxy) is 2. The van der Waals surface area contributed by atoms with Crippen LogP contribution in [0.25, 0.3) is 10.1 Å². The predicted molar refractivity (Wildman–Crippen MR) is 113 cm³/mol. The third-order valence-electron chi connectivity index (χ3n) is 5.38. The Morgan fingerprint density at radius 2 is 1.90 bits per heavy atom. The van der Waals surface area contributed by atoms with E-state index in [9.17, 15) is 9.18 Å². The van der Waals surface area contributed by atoms with Crippen molar-refractivity contribution in [2.24, 2.45) is 5.92 Å². The average molecular weight is 414 g/mol. The van der Waals surface area contributed by atoms with E-state index in [0.29, 0.717) is 41.4 Å². The second-order valence-corrected chi connectivity index (χ2v) is 8.37. The van der Waals surface area contributed by atoms with E-state index in [1.807, 2.05) is 41.3 Å². The Morgan fingerprint density at radius 1 is 1.14 bits per heavy atom. The number of methoxy groups -OCH3 is 1. The molecule has 1 saturated heterocycles. The quantitative estimate of drug-likeness (QED) is 0.563. The van der Waals surface area contributed by atoms with E-state index in [1.165, 1.54) is 17.4 Å². The Balaban J connectivity index is 1.43. The first-order valence-corrected chi connectivity index (χ1v) is 10.6. The SMILES string of the molecule is COCc1c(C(=O)N2CCC(COc3ccccc3)CC2)sc2cccc(F)c12. The molecule has 1 aliphatic rings. The number of para-hydroxylation sites is 1. The number of carbonyl (C=O) groups is 1. The lowest BCUT2D eigenvalue weighted by Gasteiger charge is -2.32. The summed E-state index contributed by atoms with van der Waals surface area (Å²) < 4.78 is 26.3. The number of likely N-dealkylation sites (tertiary alicyclic amines) is 1. The molecule has 0 bridgehead atoms. The maximum atomic E-state index is 14.4. The smallest absolute Gasteiger partial charge is 0.264 e. The zero-order valence-electron chi connectivity index (χ0n) is 16.4. The summed E-state index contributed by atoms with van der Waals surface area (Å²) in [5.41, 5.74) is 0.658. The summed E-state index contributed by atoms with van der Waals surface area (Å²) in [5.74, 6) is 0.974. The molecule has 152 valence electrons. The van der Waals surface area contributed by atoms with Gasteiger partial charge in [0.2, 0.25) is 0 Å². The number of nitrogens with zero attached hydrogens (tertiary/aromatic N) is 1. The normalized spacial score (nSPS) is 15.0. The second kappa shape index (κ2) is 8.93. The molecule has 4 nitrogen and oxygen atoms in total. The molecular weight excluding hydrogens is 389 g/mol. The molecule has 2 aromatic carbocycles. The standard InChI is InChI=1S/C23H24FNO3S/c1-27-15-18-21-19(24)8-5-9-20(21)29-22(18)23(26)25-12-10-16(11-13-25)14-28-17-6-3-2-4-7-17/h2-9,16H,10-15H2,1H3. The Labute approximate surface area is 173 Å². The first-order chi connectivity index (χ1) is 14.2. The number of fused-ring (bicyclic) bond motifs is 1. The lowest BCUT2D eigenvalue weighted by Crippen LogP contribution is -2.39. The molecule has 1 amide bonds. The lowest BCUT2D eigenvalue weighted by molar-refractivity contribution is 0.0662. The number of rotatable bonds is 6. The summed E-state index contributed by atoms with van der Waals surface area (Å²) in [6.07, 6.45) is 1.80. The number of carbonyl (C=O) groups excluding carboxylic acids is 1.